The van der Waals surface area contributed by atoms with Gasteiger partial charge in [-0.15, -0.1) is 0 Å². The average Bonchev–Trinajstić information content (AvgIpc) is 3.26. The molecule has 0 N–H and O–H groups in total. The lowest BCUT2D eigenvalue weighted by atomic mass is 10.0. The van der Waals surface area contributed by atoms with E-state index in [9.17, 15) is 19.2 Å². The van der Waals surface area contributed by atoms with Gasteiger partial charge in [0.25, 0.3) is 12.6 Å². The highest BCUT2D eigenvalue weighted by Gasteiger charge is 2.34. The van der Waals surface area contributed by atoms with E-state index in [0.717, 1.165) is 84.4 Å². The van der Waals surface area contributed by atoms with Gasteiger partial charge in [0.05, 0.1) is 50.8 Å². The van der Waals surface area contributed by atoms with Gasteiger partial charge in [0.15, 0.2) is 0 Å². The van der Waals surface area contributed by atoms with E-state index in [0.29, 0.717) is 26.4 Å². The predicted molar refractivity (Wildman–Crippen MR) is 215 cm³/mol. The molecule has 1 aliphatic rings. The molecule has 0 amide bonds. The van der Waals surface area contributed by atoms with Crippen molar-refractivity contribution in [2.24, 2.45) is 0 Å². The molecule has 1 aliphatic heterocycles. The van der Waals surface area contributed by atoms with Crippen LogP contribution in [0.2, 0.25) is 0 Å². The van der Waals surface area contributed by atoms with E-state index in [2.05, 4.69) is 13.2 Å². The van der Waals surface area contributed by atoms with Crippen molar-refractivity contribution in [3.63, 3.8) is 0 Å². The normalized spacial score (nSPS) is 14.7. The van der Waals surface area contributed by atoms with Crippen molar-refractivity contribution in [3.05, 3.63) is 133 Å². The number of ether oxygens (including phenoxy) is 8. The lowest BCUT2D eigenvalue weighted by molar-refractivity contribution is -0.288. The van der Waals surface area contributed by atoms with Crippen molar-refractivity contribution in [3.8, 4) is 33.8 Å². The van der Waals surface area contributed by atoms with Crippen LogP contribution >= 0.6 is 0 Å². The Hall–Kier alpha value is -6.24. The first kappa shape index (κ1) is 42.9. The SMILES string of the molecule is C=CC(=O)OCCCCCOc1ccc(-c2ccc(C(=O)O[C@@H]3OCCO[C@H]3OC(=O)c3ccc(-c4ccc(OCCCCCOC(=O)C=C)cc4)cc3)cc2)cc1. The summed E-state index contributed by atoms with van der Waals surface area (Å²) in [6.45, 7) is 8.89. The van der Waals surface area contributed by atoms with E-state index in [4.69, 9.17) is 37.9 Å². The van der Waals surface area contributed by atoms with Gasteiger partial charge in [-0.1, -0.05) is 61.7 Å². The average molecular weight is 793 g/mol. The molecule has 2 atom stereocenters. The first-order valence-corrected chi connectivity index (χ1v) is 19.2. The Bertz CT molecular complexity index is 1790. The number of hydrogen-bond acceptors (Lipinski definition) is 12. The second-order valence-corrected chi connectivity index (χ2v) is 13.1. The molecule has 0 saturated carbocycles. The molecule has 1 saturated heterocycles. The molecular formula is C46H48O12. The Morgan fingerprint density at radius 2 is 0.810 bits per heavy atom. The van der Waals surface area contributed by atoms with Gasteiger partial charge >= 0.3 is 23.9 Å². The van der Waals surface area contributed by atoms with E-state index < -0.39 is 36.5 Å². The van der Waals surface area contributed by atoms with Crippen LogP contribution in [0.3, 0.4) is 0 Å². The number of hydrogen-bond donors (Lipinski definition) is 0. The number of rotatable bonds is 22. The fourth-order valence-electron chi connectivity index (χ4n) is 5.70. The molecule has 0 aliphatic carbocycles. The Kier molecular flexibility index (Phi) is 17.1. The third-order valence-corrected chi connectivity index (χ3v) is 8.87. The molecule has 58 heavy (non-hydrogen) atoms. The lowest BCUT2D eigenvalue weighted by Crippen LogP contribution is -2.44. The zero-order valence-electron chi connectivity index (χ0n) is 32.3. The molecule has 12 nitrogen and oxygen atoms in total. The van der Waals surface area contributed by atoms with Crippen LogP contribution in [-0.4, -0.2) is 76.1 Å². The quantitative estimate of drug-likeness (QED) is 0.0327. The summed E-state index contributed by atoms with van der Waals surface area (Å²) in [4.78, 5) is 48.3. The molecule has 4 aromatic rings. The highest BCUT2D eigenvalue weighted by molar-refractivity contribution is 5.91. The Labute approximate surface area is 338 Å². The summed E-state index contributed by atoms with van der Waals surface area (Å²) < 4.78 is 44.0. The summed E-state index contributed by atoms with van der Waals surface area (Å²) in [7, 11) is 0. The largest absolute Gasteiger partial charge is 0.494 e. The van der Waals surface area contributed by atoms with Crippen molar-refractivity contribution in [2.75, 3.05) is 39.6 Å². The maximum atomic E-state index is 13.1. The molecule has 12 heteroatoms. The van der Waals surface area contributed by atoms with Gasteiger partial charge < -0.3 is 37.9 Å². The van der Waals surface area contributed by atoms with Crippen LogP contribution in [0.5, 0.6) is 11.5 Å². The van der Waals surface area contributed by atoms with Crippen molar-refractivity contribution in [1.29, 1.82) is 0 Å². The lowest BCUT2D eigenvalue weighted by Gasteiger charge is -2.30. The first-order chi connectivity index (χ1) is 28.3. The predicted octanol–water partition coefficient (Wildman–Crippen LogP) is 8.29. The van der Waals surface area contributed by atoms with Gasteiger partial charge in [-0.25, -0.2) is 19.2 Å². The molecule has 1 heterocycles. The van der Waals surface area contributed by atoms with Crippen molar-refractivity contribution in [1.82, 2.24) is 0 Å². The molecule has 4 aromatic carbocycles. The summed E-state index contributed by atoms with van der Waals surface area (Å²) in [6.07, 6.45) is 4.72. The van der Waals surface area contributed by atoms with Crippen molar-refractivity contribution in [2.45, 2.75) is 51.1 Å². The fraction of sp³-hybridized carbons (Fsp3) is 0.304. The van der Waals surface area contributed by atoms with Gasteiger partial charge in [0.2, 0.25) is 0 Å². The van der Waals surface area contributed by atoms with Crippen LogP contribution in [0.15, 0.2) is 122 Å². The molecular weight excluding hydrogens is 744 g/mol. The van der Waals surface area contributed by atoms with E-state index in [1.54, 1.807) is 24.3 Å². The molecule has 0 spiro atoms. The van der Waals surface area contributed by atoms with Crippen molar-refractivity contribution >= 4 is 23.9 Å². The van der Waals surface area contributed by atoms with Crippen LogP contribution < -0.4 is 9.47 Å². The minimum absolute atomic E-state index is 0.158. The topological polar surface area (TPSA) is 142 Å². The van der Waals surface area contributed by atoms with E-state index in [1.165, 1.54) is 0 Å². The molecule has 304 valence electrons. The zero-order chi connectivity index (χ0) is 41.0. The minimum atomic E-state index is -1.26. The number of carbonyl (C=O) groups is 4. The Balaban J connectivity index is 1.04. The molecule has 0 radical (unpaired) electrons. The number of esters is 4. The molecule has 1 fully saturated rings. The summed E-state index contributed by atoms with van der Waals surface area (Å²) >= 11 is 0. The highest BCUT2D eigenvalue weighted by Crippen LogP contribution is 2.26. The summed E-state index contributed by atoms with van der Waals surface area (Å²) in [5.74, 6) is -0.661. The number of benzene rings is 4. The summed E-state index contributed by atoms with van der Waals surface area (Å²) in [6, 6.07) is 29.1. The van der Waals surface area contributed by atoms with Crippen LogP contribution in [0.4, 0.5) is 0 Å². The fourth-order valence-corrected chi connectivity index (χ4v) is 5.70. The van der Waals surface area contributed by atoms with Gasteiger partial charge in [-0.3, -0.25) is 0 Å². The van der Waals surface area contributed by atoms with Crippen molar-refractivity contribution < 1.29 is 57.1 Å². The first-order valence-electron chi connectivity index (χ1n) is 19.2. The van der Waals surface area contributed by atoms with Crippen LogP contribution in [-0.2, 0) is 38.0 Å². The van der Waals surface area contributed by atoms with Gasteiger partial charge in [-0.05, 0) is 109 Å². The Morgan fingerprint density at radius 3 is 1.16 bits per heavy atom. The molecule has 5 rings (SSSR count). The minimum Gasteiger partial charge on any atom is -0.494 e. The van der Waals surface area contributed by atoms with E-state index >= 15 is 0 Å². The maximum Gasteiger partial charge on any atom is 0.340 e. The van der Waals surface area contributed by atoms with Gasteiger partial charge in [-0.2, -0.15) is 0 Å². The smallest absolute Gasteiger partial charge is 0.340 e. The van der Waals surface area contributed by atoms with Crippen LogP contribution in [0, 0.1) is 0 Å². The zero-order valence-corrected chi connectivity index (χ0v) is 32.3. The summed E-state index contributed by atoms with van der Waals surface area (Å²) in [5.41, 5.74) is 4.24. The second-order valence-electron chi connectivity index (χ2n) is 13.1. The molecule has 0 unspecified atom stereocenters. The third kappa shape index (κ3) is 13.7. The van der Waals surface area contributed by atoms with Gasteiger partial charge in [0, 0.05) is 12.2 Å². The molecule has 0 aromatic heterocycles. The van der Waals surface area contributed by atoms with Crippen LogP contribution in [0.1, 0.15) is 59.2 Å². The maximum absolute atomic E-state index is 13.1. The standard InChI is InChI=1S/C46H48O12/c1-3-41(47)53-29-9-5-7-27-51-39-23-19-35(20-24-39)33-11-15-37(16-12-33)43(49)57-45-46(56-32-31-55-45)58-44(50)38-17-13-34(14-18-38)36-21-25-40(26-22-36)52-28-8-6-10-30-54-42(48)4-2/h3-4,11-26,45-46H,1-2,5-10,27-32H2/t45-,46-/m0/s1. The van der Waals surface area contributed by atoms with Crippen LogP contribution in [0.25, 0.3) is 22.3 Å². The number of carbonyl (C=O) groups excluding carboxylic acids is 4. The van der Waals surface area contributed by atoms with E-state index in [1.807, 2.05) is 72.8 Å². The number of unbranched alkanes of at least 4 members (excludes halogenated alkanes) is 4. The van der Waals surface area contributed by atoms with Gasteiger partial charge in [0.1, 0.15) is 11.5 Å². The van der Waals surface area contributed by atoms with E-state index in [-0.39, 0.29) is 24.3 Å². The monoisotopic (exact) mass is 792 g/mol. The highest BCUT2D eigenvalue weighted by atomic mass is 16.8. The summed E-state index contributed by atoms with van der Waals surface area (Å²) in [5, 5.41) is 0. The molecule has 0 bridgehead atoms. The second kappa shape index (κ2) is 23.1. The Morgan fingerprint density at radius 1 is 0.483 bits per heavy atom. The third-order valence-electron chi connectivity index (χ3n) is 8.87.